The zero-order valence-electron chi connectivity index (χ0n) is 16.8. The van der Waals surface area contributed by atoms with Crippen LogP contribution in [0.1, 0.15) is 12.5 Å². The highest BCUT2D eigenvalue weighted by Gasteiger charge is 2.19. The van der Waals surface area contributed by atoms with Crippen molar-refractivity contribution in [3.05, 3.63) is 53.8 Å². The Morgan fingerprint density at radius 1 is 1.03 bits per heavy atom. The first-order valence-corrected chi connectivity index (χ1v) is 10.7. The molecule has 0 radical (unpaired) electrons. The summed E-state index contributed by atoms with van der Waals surface area (Å²) in [4.78, 5) is 12.3. The van der Waals surface area contributed by atoms with Crippen LogP contribution >= 0.6 is 0 Å². The van der Waals surface area contributed by atoms with Gasteiger partial charge in [0.25, 0.3) is 0 Å². The van der Waals surface area contributed by atoms with Gasteiger partial charge in [-0.3, -0.25) is 4.79 Å². The van der Waals surface area contributed by atoms with Gasteiger partial charge in [-0.15, -0.1) is 0 Å². The summed E-state index contributed by atoms with van der Waals surface area (Å²) in [7, 11) is -0.644. The largest absolute Gasteiger partial charge is 0.384 e. The van der Waals surface area contributed by atoms with E-state index in [0.717, 1.165) is 9.87 Å². The molecule has 0 aliphatic rings. The molecule has 0 aliphatic heterocycles. The number of nitrogens with one attached hydrogen (secondary N) is 3. The van der Waals surface area contributed by atoms with Crippen LogP contribution in [0, 0.1) is 5.82 Å². The van der Waals surface area contributed by atoms with Crippen molar-refractivity contribution in [1.29, 1.82) is 0 Å². The van der Waals surface area contributed by atoms with Gasteiger partial charge < -0.3 is 16.0 Å². The fraction of sp³-hybridized carbons (Fsp3) is 0.350. The lowest BCUT2D eigenvalue weighted by molar-refractivity contribution is -0.119. The summed E-state index contributed by atoms with van der Waals surface area (Å²) in [6, 6.07) is 10.8. The molecule has 2 aromatic rings. The second-order valence-electron chi connectivity index (χ2n) is 6.61. The second-order valence-corrected chi connectivity index (χ2v) is 8.76. The molecule has 9 heteroatoms. The van der Waals surface area contributed by atoms with Crippen LogP contribution in [0.3, 0.4) is 0 Å². The van der Waals surface area contributed by atoms with Gasteiger partial charge >= 0.3 is 0 Å². The second kappa shape index (κ2) is 10.2. The first kappa shape index (κ1) is 22.6. The minimum atomic E-state index is -3.58. The lowest BCUT2D eigenvalue weighted by Gasteiger charge is -2.17. The average Bonchev–Trinajstić information content (AvgIpc) is 2.68. The summed E-state index contributed by atoms with van der Waals surface area (Å²) in [6.07, 6.45) is 0.589. The Bertz CT molecular complexity index is 931. The molecule has 29 heavy (non-hydrogen) atoms. The highest BCUT2D eigenvalue weighted by Crippen LogP contribution is 2.26. The van der Waals surface area contributed by atoms with Crippen molar-refractivity contribution in [3.8, 4) is 0 Å². The Hall–Kier alpha value is -2.65. The van der Waals surface area contributed by atoms with E-state index in [1.54, 1.807) is 18.2 Å². The molecule has 2 rings (SSSR count). The quantitative estimate of drug-likeness (QED) is 0.547. The van der Waals surface area contributed by atoms with E-state index in [0.29, 0.717) is 30.9 Å². The lowest BCUT2D eigenvalue weighted by atomic mass is 10.1. The number of nitrogens with zero attached hydrogens (tertiary/aromatic N) is 1. The van der Waals surface area contributed by atoms with Gasteiger partial charge in [0, 0.05) is 27.2 Å². The van der Waals surface area contributed by atoms with Gasteiger partial charge in [0.05, 0.1) is 22.8 Å². The third kappa shape index (κ3) is 6.43. The number of halogens is 1. The first-order chi connectivity index (χ1) is 13.7. The number of carbonyl (C=O) groups excluding carboxylic acids is 1. The van der Waals surface area contributed by atoms with E-state index in [1.807, 2.05) is 6.92 Å². The van der Waals surface area contributed by atoms with Gasteiger partial charge in [0.15, 0.2) is 0 Å². The predicted molar refractivity (Wildman–Crippen MR) is 113 cm³/mol. The number of hydrogen-bond acceptors (Lipinski definition) is 5. The molecule has 3 N–H and O–H groups in total. The molecule has 0 atom stereocenters. The van der Waals surface area contributed by atoms with Crippen molar-refractivity contribution in [2.24, 2.45) is 0 Å². The molecular formula is C20H27FN4O3S. The molecule has 1 amide bonds. The number of hydrogen-bond donors (Lipinski definition) is 3. The summed E-state index contributed by atoms with van der Waals surface area (Å²) in [6.45, 7) is 2.99. The summed E-state index contributed by atoms with van der Waals surface area (Å²) >= 11 is 0. The first-order valence-electron chi connectivity index (χ1n) is 9.29. The van der Waals surface area contributed by atoms with E-state index in [4.69, 9.17) is 0 Å². The van der Waals surface area contributed by atoms with Gasteiger partial charge in [-0.2, -0.15) is 0 Å². The predicted octanol–water partition coefficient (Wildman–Crippen LogP) is 2.28. The Balaban J connectivity index is 1.98. The molecular weight excluding hydrogens is 395 g/mol. The Labute approximate surface area is 171 Å². The molecule has 0 bridgehead atoms. The third-order valence-corrected chi connectivity index (χ3v) is 6.04. The van der Waals surface area contributed by atoms with Crippen molar-refractivity contribution in [1.82, 2.24) is 9.62 Å². The molecule has 0 spiro atoms. The van der Waals surface area contributed by atoms with Gasteiger partial charge in [-0.25, -0.2) is 17.1 Å². The number of rotatable bonds is 10. The average molecular weight is 423 g/mol. The van der Waals surface area contributed by atoms with Crippen molar-refractivity contribution in [2.75, 3.05) is 44.4 Å². The van der Waals surface area contributed by atoms with Crippen molar-refractivity contribution in [3.63, 3.8) is 0 Å². The summed E-state index contributed by atoms with van der Waals surface area (Å²) in [5.74, 6) is -0.521. The monoisotopic (exact) mass is 422 g/mol. The molecule has 7 nitrogen and oxygen atoms in total. The number of amides is 1. The normalized spacial score (nSPS) is 11.3. The number of anilines is 2. The maximum absolute atomic E-state index is 12.9. The molecule has 2 aromatic carbocycles. The van der Waals surface area contributed by atoms with Gasteiger partial charge in [-0.05, 0) is 49.2 Å². The van der Waals surface area contributed by atoms with Crippen LogP contribution in [0.2, 0.25) is 0 Å². The van der Waals surface area contributed by atoms with Crippen LogP contribution in [-0.2, 0) is 21.2 Å². The van der Waals surface area contributed by atoms with E-state index in [2.05, 4.69) is 16.0 Å². The molecule has 0 aliphatic carbocycles. The van der Waals surface area contributed by atoms with E-state index in [1.165, 1.54) is 38.4 Å². The Morgan fingerprint density at radius 2 is 1.72 bits per heavy atom. The number of carbonyl (C=O) groups is 1. The number of benzene rings is 2. The molecule has 0 aromatic heterocycles. The topological polar surface area (TPSA) is 90.5 Å². The molecule has 0 saturated carbocycles. The minimum Gasteiger partial charge on any atom is -0.384 e. The zero-order valence-corrected chi connectivity index (χ0v) is 17.6. The smallest absolute Gasteiger partial charge is 0.242 e. The van der Waals surface area contributed by atoms with Crippen molar-refractivity contribution < 1.29 is 17.6 Å². The van der Waals surface area contributed by atoms with Crippen LogP contribution in [0.25, 0.3) is 0 Å². The highest BCUT2D eigenvalue weighted by molar-refractivity contribution is 7.89. The van der Waals surface area contributed by atoms with Crippen LogP contribution in [0.15, 0.2) is 47.4 Å². The minimum absolute atomic E-state index is 0.00667. The van der Waals surface area contributed by atoms with E-state index in [-0.39, 0.29) is 23.2 Å². The van der Waals surface area contributed by atoms with Crippen LogP contribution in [0.5, 0.6) is 0 Å². The van der Waals surface area contributed by atoms with Crippen LogP contribution in [0.4, 0.5) is 15.8 Å². The van der Waals surface area contributed by atoms with Crippen LogP contribution < -0.4 is 16.0 Å². The lowest BCUT2D eigenvalue weighted by Crippen LogP contribution is -2.31. The van der Waals surface area contributed by atoms with Gasteiger partial charge in [-0.1, -0.05) is 12.1 Å². The Morgan fingerprint density at radius 3 is 2.34 bits per heavy atom. The molecule has 0 fully saturated rings. The fourth-order valence-corrected chi connectivity index (χ4v) is 3.55. The number of sulfonamides is 1. The van der Waals surface area contributed by atoms with Crippen molar-refractivity contribution >= 4 is 27.3 Å². The van der Waals surface area contributed by atoms with E-state index < -0.39 is 10.0 Å². The summed E-state index contributed by atoms with van der Waals surface area (Å²) < 4.78 is 38.8. The molecule has 0 saturated heterocycles. The van der Waals surface area contributed by atoms with E-state index >= 15 is 0 Å². The molecule has 0 unspecified atom stereocenters. The fourth-order valence-electron chi connectivity index (χ4n) is 2.62. The van der Waals surface area contributed by atoms with Gasteiger partial charge in [0.1, 0.15) is 5.82 Å². The van der Waals surface area contributed by atoms with Crippen molar-refractivity contribution in [2.45, 2.75) is 18.2 Å². The van der Waals surface area contributed by atoms with Crippen LogP contribution in [-0.4, -0.2) is 52.4 Å². The maximum atomic E-state index is 12.9. The standard InChI is InChI=1S/C20H27FN4O3S/c1-4-22-18-10-9-17(29(27,28)25(2)3)13-19(18)24-14-20(26)23-12-11-15-5-7-16(21)8-6-15/h5-10,13,22,24H,4,11-12,14H2,1-3H3,(H,23,26). The summed E-state index contributed by atoms with van der Waals surface area (Å²) in [5.41, 5.74) is 2.17. The highest BCUT2D eigenvalue weighted by atomic mass is 32.2. The van der Waals surface area contributed by atoms with E-state index in [9.17, 15) is 17.6 Å². The molecule has 0 heterocycles. The SMILES string of the molecule is CCNc1ccc(S(=O)(=O)N(C)C)cc1NCC(=O)NCCc1ccc(F)cc1. The maximum Gasteiger partial charge on any atom is 0.242 e. The van der Waals surface area contributed by atoms with Gasteiger partial charge in [0.2, 0.25) is 15.9 Å². The zero-order chi connectivity index (χ0) is 21.4. The molecule has 158 valence electrons. The third-order valence-electron chi connectivity index (χ3n) is 4.23. The Kier molecular flexibility index (Phi) is 7.98. The summed E-state index contributed by atoms with van der Waals surface area (Å²) in [5, 5.41) is 8.93.